The molecule has 1 aromatic heterocycles. The van der Waals surface area contributed by atoms with Crippen LogP contribution >= 0.6 is 27.5 Å². The van der Waals surface area contributed by atoms with Gasteiger partial charge in [0.05, 0.1) is 5.56 Å². The molecule has 6 nitrogen and oxygen atoms in total. The van der Waals surface area contributed by atoms with E-state index in [0.29, 0.717) is 10.0 Å². The van der Waals surface area contributed by atoms with Crippen molar-refractivity contribution >= 4 is 33.5 Å². The van der Waals surface area contributed by atoms with Gasteiger partial charge in [0.15, 0.2) is 5.82 Å². The lowest BCUT2D eigenvalue weighted by molar-refractivity contribution is -0.214. The van der Waals surface area contributed by atoms with Gasteiger partial charge in [-0.1, -0.05) is 27.5 Å². The Hall–Kier alpha value is -2.52. The molecule has 0 unspecified atom stereocenters. The van der Waals surface area contributed by atoms with E-state index in [2.05, 4.69) is 30.9 Å². The molecule has 2 aromatic carbocycles. The molecule has 27 heavy (non-hydrogen) atoms. The smallest absolute Gasteiger partial charge is 0.248 e. The molecule has 0 saturated heterocycles. The topological polar surface area (TPSA) is 66.2 Å². The zero-order chi connectivity index (χ0) is 19.7. The van der Waals surface area contributed by atoms with Crippen molar-refractivity contribution in [2.45, 2.75) is 13.8 Å². The molecule has 1 heterocycles. The van der Waals surface area contributed by atoms with Crippen molar-refractivity contribution in [3.8, 4) is 23.1 Å². The standard InChI is InChI=1S/C17H11BrClF2N3O3/c1-8-12(18)5-4-11(15(8)21)16-22-17(27-26-9(2)25)23-24(16)14-6-3-10(19)7-13(14)20/h3-7H,1-2H3. The van der Waals surface area contributed by atoms with Crippen LogP contribution in [0.1, 0.15) is 12.5 Å². The first-order valence-electron chi connectivity index (χ1n) is 7.50. The van der Waals surface area contributed by atoms with Crippen molar-refractivity contribution < 1.29 is 23.4 Å². The third-order valence-corrected chi connectivity index (χ3v) is 4.61. The van der Waals surface area contributed by atoms with E-state index in [-0.39, 0.29) is 22.1 Å². The summed E-state index contributed by atoms with van der Waals surface area (Å²) in [6.45, 7) is 2.69. The molecule has 0 atom stereocenters. The number of halogens is 4. The first kappa shape index (κ1) is 19.2. The van der Waals surface area contributed by atoms with Crippen LogP contribution in [0.15, 0.2) is 34.8 Å². The van der Waals surface area contributed by atoms with Gasteiger partial charge in [-0.25, -0.2) is 28.0 Å². The maximum absolute atomic E-state index is 14.8. The van der Waals surface area contributed by atoms with Gasteiger partial charge in [0, 0.05) is 16.4 Å². The molecule has 3 rings (SSSR count). The van der Waals surface area contributed by atoms with Gasteiger partial charge >= 0.3 is 12.0 Å². The van der Waals surface area contributed by atoms with E-state index >= 15 is 0 Å². The van der Waals surface area contributed by atoms with Crippen LogP contribution in [0.5, 0.6) is 6.01 Å². The zero-order valence-electron chi connectivity index (χ0n) is 14.0. The number of hydrogen-bond acceptors (Lipinski definition) is 5. The normalized spacial score (nSPS) is 10.7. The molecule has 0 saturated carbocycles. The van der Waals surface area contributed by atoms with Crippen LogP contribution in [-0.4, -0.2) is 20.7 Å². The second-order valence-corrected chi connectivity index (χ2v) is 6.71. The summed E-state index contributed by atoms with van der Waals surface area (Å²) in [6, 6.07) is 6.57. The monoisotopic (exact) mass is 457 g/mol. The van der Waals surface area contributed by atoms with E-state index in [4.69, 9.17) is 16.5 Å². The van der Waals surface area contributed by atoms with Crippen LogP contribution in [0.3, 0.4) is 0 Å². The fourth-order valence-electron chi connectivity index (χ4n) is 2.25. The van der Waals surface area contributed by atoms with Gasteiger partial charge in [-0.2, -0.15) is 4.98 Å². The minimum Gasteiger partial charge on any atom is -0.248 e. The van der Waals surface area contributed by atoms with Gasteiger partial charge in [-0.05, 0) is 42.8 Å². The summed E-state index contributed by atoms with van der Waals surface area (Å²) in [5.74, 6) is -2.07. The van der Waals surface area contributed by atoms with Crippen LogP contribution in [0, 0.1) is 18.6 Å². The molecular weight excluding hydrogens is 448 g/mol. The Morgan fingerprint density at radius 2 is 2.00 bits per heavy atom. The van der Waals surface area contributed by atoms with Crippen LogP contribution in [0.4, 0.5) is 8.78 Å². The second-order valence-electron chi connectivity index (χ2n) is 5.42. The lowest BCUT2D eigenvalue weighted by atomic mass is 10.1. The van der Waals surface area contributed by atoms with Crippen LogP contribution < -0.4 is 4.89 Å². The number of carbonyl (C=O) groups is 1. The van der Waals surface area contributed by atoms with Crippen molar-refractivity contribution in [2.24, 2.45) is 0 Å². The molecular formula is C17H11BrClF2N3O3. The fraction of sp³-hybridized carbons (Fsp3) is 0.118. The third kappa shape index (κ3) is 3.93. The molecule has 0 bridgehead atoms. The summed E-state index contributed by atoms with van der Waals surface area (Å²) in [5, 5.41) is 4.14. The van der Waals surface area contributed by atoms with Gasteiger partial charge in [0.2, 0.25) is 0 Å². The number of hydrogen-bond donors (Lipinski definition) is 0. The van der Waals surface area contributed by atoms with Gasteiger partial charge in [-0.15, -0.1) is 5.10 Å². The SMILES string of the molecule is CC(=O)OOc1nc(-c2ccc(Br)c(C)c2F)n(-c2ccc(Cl)cc2F)n1. The van der Waals surface area contributed by atoms with Crippen LogP contribution in [0.25, 0.3) is 17.1 Å². The van der Waals surface area contributed by atoms with E-state index in [9.17, 15) is 13.6 Å². The highest BCUT2D eigenvalue weighted by Gasteiger charge is 2.22. The van der Waals surface area contributed by atoms with Crippen molar-refractivity contribution in [3.63, 3.8) is 0 Å². The first-order chi connectivity index (χ1) is 12.8. The lowest BCUT2D eigenvalue weighted by Gasteiger charge is -2.09. The second kappa shape index (κ2) is 7.61. The van der Waals surface area contributed by atoms with Crippen LogP contribution in [0.2, 0.25) is 5.02 Å². The molecule has 0 spiro atoms. The highest BCUT2D eigenvalue weighted by molar-refractivity contribution is 9.10. The van der Waals surface area contributed by atoms with Crippen LogP contribution in [-0.2, 0) is 9.68 Å². The summed E-state index contributed by atoms with van der Waals surface area (Å²) in [6.07, 6.45) is 0. The van der Waals surface area contributed by atoms with E-state index < -0.39 is 23.6 Å². The molecule has 10 heteroatoms. The van der Waals surface area contributed by atoms with Gasteiger partial charge in [-0.3, -0.25) is 0 Å². The highest BCUT2D eigenvalue weighted by Crippen LogP contribution is 2.31. The summed E-state index contributed by atoms with van der Waals surface area (Å²) in [4.78, 5) is 24.1. The van der Waals surface area contributed by atoms with Gasteiger partial charge in [0.25, 0.3) is 0 Å². The minimum absolute atomic E-state index is 0.0421. The van der Waals surface area contributed by atoms with E-state index in [1.54, 1.807) is 13.0 Å². The van der Waals surface area contributed by atoms with E-state index in [1.807, 2.05) is 0 Å². The Bertz CT molecular complexity index is 1040. The average molecular weight is 459 g/mol. The number of carbonyl (C=O) groups excluding carboxylic acids is 1. The van der Waals surface area contributed by atoms with Gasteiger partial charge < -0.3 is 0 Å². The summed E-state index contributed by atoms with van der Waals surface area (Å²) in [5.41, 5.74) is 0.343. The summed E-state index contributed by atoms with van der Waals surface area (Å²) in [7, 11) is 0. The molecule has 140 valence electrons. The summed E-state index contributed by atoms with van der Waals surface area (Å²) >= 11 is 9.02. The predicted molar refractivity (Wildman–Crippen MR) is 96.6 cm³/mol. The molecule has 0 radical (unpaired) electrons. The lowest BCUT2D eigenvalue weighted by Crippen LogP contribution is -2.05. The first-order valence-corrected chi connectivity index (χ1v) is 8.67. The minimum atomic E-state index is -0.740. The molecule has 0 aliphatic heterocycles. The molecule has 3 aromatic rings. The van der Waals surface area contributed by atoms with Crippen molar-refractivity contribution in [1.82, 2.24) is 14.8 Å². The maximum Gasteiger partial charge on any atom is 0.386 e. The predicted octanol–water partition coefficient (Wildman–Crippen LogP) is 4.79. The van der Waals surface area contributed by atoms with Gasteiger partial charge in [0.1, 0.15) is 17.3 Å². The number of benzene rings is 2. The third-order valence-electron chi connectivity index (χ3n) is 3.52. The molecule has 0 amide bonds. The van der Waals surface area contributed by atoms with E-state index in [0.717, 1.165) is 17.7 Å². The Balaban J connectivity index is 2.19. The molecule has 0 fully saturated rings. The number of rotatable bonds is 4. The number of aromatic nitrogens is 3. The van der Waals surface area contributed by atoms with Crippen molar-refractivity contribution in [1.29, 1.82) is 0 Å². The summed E-state index contributed by atoms with van der Waals surface area (Å²) < 4.78 is 30.8. The van der Waals surface area contributed by atoms with Crippen molar-refractivity contribution in [3.05, 3.63) is 57.0 Å². The number of nitrogens with zero attached hydrogens (tertiary/aromatic N) is 3. The van der Waals surface area contributed by atoms with E-state index in [1.165, 1.54) is 18.2 Å². The highest BCUT2D eigenvalue weighted by atomic mass is 79.9. The Morgan fingerprint density at radius 1 is 1.26 bits per heavy atom. The molecule has 0 aliphatic carbocycles. The largest absolute Gasteiger partial charge is 0.386 e. The zero-order valence-corrected chi connectivity index (χ0v) is 16.3. The van der Waals surface area contributed by atoms with Crippen molar-refractivity contribution in [2.75, 3.05) is 0 Å². The molecule has 0 N–H and O–H groups in total. The fourth-order valence-corrected chi connectivity index (χ4v) is 2.72. The maximum atomic E-state index is 14.8. The average Bonchev–Trinajstić information content (AvgIpc) is 3.02. The molecule has 0 aliphatic rings. The Labute approximate surface area is 165 Å². The Morgan fingerprint density at radius 3 is 2.67 bits per heavy atom. The quantitative estimate of drug-likeness (QED) is 0.415. The Kier molecular flexibility index (Phi) is 5.43.